The van der Waals surface area contributed by atoms with E-state index in [9.17, 15) is 4.79 Å². The molecule has 0 amide bonds. The first kappa shape index (κ1) is 18.1. The van der Waals surface area contributed by atoms with Crippen molar-refractivity contribution in [3.05, 3.63) is 76.8 Å². The van der Waals surface area contributed by atoms with Crippen molar-refractivity contribution in [2.75, 3.05) is 5.32 Å². The standard InChI is InChI=1S/C22H21N5OS/c1-14-8-10-15(11-9-14)20-19-17(6-4-7-18(19)28)24-21-25-22(26-27(20)21)29-13-16-5-2-3-12-23-16/h2-3,5,8-12,20H,4,6-7,13H2,1H3,(H,24,25,26)/t20-/m0/s1. The Hall–Kier alpha value is -2.93. The maximum atomic E-state index is 12.8. The van der Waals surface area contributed by atoms with Crippen molar-refractivity contribution in [1.82, 2.24) is 19.7 Å². The lowest BCUT2D eigenvalue weighted by atomic mass is 9.85. The van der Waals surface area contributed by atoms with E-state index in [0.717, 1.165) is 35.4 Å². The Balaban J connectivity index is 1.52. The van der Waals surface area contributed by atoms with Gasteiger partial charge in [-0.2, -0.15) is 4.98 Å². The molecule has 3 aromatic rings. The lowest BCUT2D eigenvalue weighted by Crippen LogP contribution is -2.31. The molecule has 29 heavy (non-hydrogen) atoms. The average molecular weight is 404 g/mol. The molecule has 3 heterocycles. The number of thioether (sulfide) groups is 1. The van der Waals surface area contributed by atoms with Crippen LogP contribution in [0.1, 0.15) is 42.1 Å². The molecule has 2 aromatic heterocycles. The molecule has 7 heteroatoms. The summed E-state index contributed by atoms with van der Waals surface area (Å²) in [7, 11) is 0. The molecule has 0 fully saturated rings. The number of carbonyl (C=O) groups excluding carboxylic acids is 1. The zero-order chi connectivity index (χ0) is 19.8. The summed E-state index contributed by atoms with van der Waals surface area (Å²) >= 11 is 1.55. The van der Waals surface area contributed by atoms with Crippen molar-refractivity contribution in [3.8, 4) is 0 Å². The summed E-state index contributed by atoms with van der Waals surface area (Å²) in [4.78, 5) is 21.9. The van der Waals surface area contributed by atoms with Gasteiger partial charge in [0.2, 0.25) is 11.1 Å². The molecule has 146 valence electrons. The van der Waals surface area contributed by atoms with Gasteiger partial charge in [-0.05, 0) is 37.5 Å². The third-order valence-corrected chi connectivity index (χ3v) is 6.19. The van der Waals surface area contributed by atoms with Crippen molar-refractivity contribution in [2.45, 2.75) is 43.1 Å². The molecule has 1 aromatic carbocycles. The van der Waals surface area contributed by atoms with Crippen LogP contribution in [0.3, 0.4) is 0 Å². The quantitative estimate of drug-likeness (QED) is 0.655. The Labute approximate surface area is 173 Å². The molecule has 1 aliphatic heterocycles. The van der Waals surface area contributed by atoms with Crippen molar-refractivity contribution in [2.24, 2.45) is 0 Å². The zero-order valence-corrected chi connectivity index (χ0v) is 16.9. The van der Waals surface area contributed by atoms with Gasteiger partial charge in [0, 0.05) is 29.6 Å². The molecule has 0 spiro atoms. The van der Waals surface area contributed by atoms with Gasteiger partial charge in [-0.25, -0.2) is 4.68 Å². The molecular weight excluding hydrogens is 382 g/mol. The molecule has 1 aliphatic carbocycles. The molecule has 5 rings (SSSR count). The Bertz CT molecular complexity index is 1090. The summed E-state index contributed by atoms with van der Waals surface area (Å²) in [6, 6.07) is 14.0. The number of fused-ring (bicyclic) bond motifs is 1. The normalized spacial score (nSPS) is 18.2. The highest BCUT2D eigenvalue weighted by Crippen LogP contribution is 2.40. The number of ketones is 1. The Morgan fingerprint density at radius 3 is 2.83 bits per heavy atom. The Kier molecular flexibility index (Phi) is 4.67. The van der Waals surface area contributed by atoms with Gasteiger partial charge < -0.3 is 5.32 Å². The number of allylic oxidation sites excluding steroid dienone is 2. The van der Waals surface area contributed by atoms with Crippen LogP contribution in [0.15, 0.2) is 65.1 Å². The van der Waals surface area contributed by atoms with E-state index >= 15 is 0 Å². The molecule has 0 unspecified atom stereocenters. The minimum absolute atomic E-state index is 0.202. The number of benzene rings is 1. The smallest absolute Gasteiger partial charge is 0.227 e. The van der Waals surface area contributed by atoms with E-state index in [-0.39, 0.29) is 11.8 Å². The summed E-state index contributed by atoms with van der Waals surface area (Å²) in [6.07, 6.45) is 4.13. The number of hydrogen-bond acceptors (Lipinski definition) is 6. The van der Waals surface area contributed by atoms with E-state index in [0.29, 0.717) is 23.3 Å². The highest BCUT2D eigenvalue weighted by Gasteiger charge is 2.36. The van der Waals surface area contributed by atoms with Gasteiger partial charge in [0.25, 0.3) is 0 Å². The fraction of sp³-hybridized carbons (Fsp3) is 0.273. The molecule has 1 N–H and O–H groups in total. The number of carbonyl (C=O) groups is 1. The van der Waals surface area contributed by atoms with E-state index in [1.165, 1.54) is 5.56 Å². The highest BCUT2D eigenvalue weighted by atomic mass is 32.2. The van der Waals surface area contributed by atoms with E-state index in [1.54, 1.807) is 18.0 Å². The summed E-state index contributed by atoms with van der Waals surface area (Å²) < 4.78 is 1.87. The van der Waals surface area contributed by atoms with Crippen LogP contribution in [0.25, 0.3) is 0 Å². The van der Waals surface area contributed by atoms with E-state index in [4.69, 9.17) is 10.1 Å². The summed E-state index contributed by atoms with van der Waals surface area (Å²) in [6.45, 7) is 2.07. The van der Waals surface area contributed by atoms with Gasteiger partial charge in [-0.15, -0.1) is 5.10 Å². The van der Waals surface area contributed by atoms with Crippen LogP contribution in [0, 0.1) is 6.92 Å². The van der Waals surface area contributed by atoms with Crippen molar-refractivity contribution >= 4 is 23.5 Å². The van der Waals surface area contributed by atoms with Crippen molar-refractivity contribution in [1.29, 1.82) is 0 Å². The second-order valence-electron chi connectivity index (χ2n) is 7.38. The Morgan fingerprint density at radius 2 is 2.03 bits per heavy atom. The van der Waals surface area contributed by atoms with E-state index in [2.05, 4.69) is 41.5 Å². The minimum Gasteiger partial charge on any atom is -0.328 e. The maximum Gasteiger partial charge on any atom is 0.227 e. The highest BCUT2D eigenvalue weighted by molar-refractivity contribution is 7.98. The first-order chi connectivity index (χ1) is 14.2. The largest absolute Gasteiger partial charge is 0.328 e. The molecular formula is C22H21N5OS. The van der Waals surface area contributed by atoms with Crippen LogP contribution < -0.4 is 5.32 Å². The third-order valence-electron chi connectivity index (χ3n) is 5.32. The minimum atomic E-state index is -0.230. The third kappa shape index (κ3) is 3.46. The van der Waals surface area contributed by atoms with Crippen molar-refractivity contribution in [3.63, 3.8) is 0 Å². The number of hydrogen-bond donors (Lipinski definition) is 1. The molecule has 2 aliphatic rings. The van der Waals surface area contributed by atoms with Crippen LogP contribution in [0.5, 0.6) is 0 Å². The number of anilines is 1. The lowest BCUT2D eigenvalue weighted by Gasteiger charge is -2.32. The first-order valence-electron chi connectivity index (χ1n) is 9.78. The molecule has 0 saturated heterocycles. The second-order valence-corrected chi connectivity index (χ2v) is 8.32. The Morgan fingerprint density at radius 1 is 1.17 bits per heavy atom. The number of nitrogens with zero attached hydrogens (tertiary/aromatic N) is 4. The van der Waals surface area contributed by atoms with E-state index < -0.39 is 0 Å². The van der Waals surface area contributed by atoms with Gasteiger partial charge in [0.1, 0.15) is 6.04 Å². The topological polar surface area (TPSA) is 72.7 Å². The maximum absolute atomic E-state index is 12.8. The number of Topliss-reactive ketones (excluding diaryl/α,β-unsaturated/α-hetero) is 1. The molecule has 0 saturated carbocycles. The average Bonchev–Trinajstić information content (AvgIpc) is 3.15. The van der Waals surface area contributed by atoms with Crippen molar-refractivity contribution < 1.29 is 4.79 Å². The molecule has 6 nitrogen and oxygen atoms in total. The lowest BCUT2D eigenvalue weighted by molar-refractivity contribution is -0.116. The summed E-state index contributed by atoms with van der Waals surface area (Å²) in [5.41, 5.74) is 5.07. The van der Waals surface area contributed by atoms with Gasteiger partial charge in [0.15, 0.2) is 5.78 Å². The van der Waals surface area contributed by atoms with Crippen LogP contribution in [-0.4, -0.2) is 25.5 Å². The predicted molar refractivity (Wildman–Crippen MR) is 113 cm³/mol. The fourth-order valence-corrected chi connectivity index (χ4v) is 4.62. The molecule has 1 atom stereocenters. The van der Waals surface area contributed by atoms with Crippen LogP contribution >= 0.6 is 11.8 Å². The summed E-state index contributed by atoms with van der Waals surface area (Å²) in [5.74, 6) is 1.60. The number of rotatable bonds is 4. The van der Waals surface area contributed by atoms with E-state index in [1.807, 2.05) is 22.9 Å². The molecule has 0 bridgehead atoms. The fourth-order valence-electron chi connectivity index (χ4n) is 3.88. The number of pyridine rings is 1. The van der Waals surface area contributed by atoms with Crippen LogP contribution in [0.2, 0.25) is 0 Å². The number of nitrogens with one attached hydrogen (secondary N) is 1. The first-order valence-corrected chi connectivity index (χ1v) is 10.8. The zero-order valence-electron chi connectivity index (χ0n) is 16.1. The predicted octanol–water partition coefficient (Wildman–Crippen LogP) is 4.30. The van der Waals surface area contributed by atoms with Crippen LogP contribution in [0.4, 0.5) is 5.95 Å². The molecule has 0 radical (unpaired) electrons. The van der Waals surface area contributed by atoms with Crippen LogP contribution in [-0.2, 0) is 10.5 Å². The van der Waals surface area contributed by atoms with Gasteiger partial charge in [0.05, 0.1) is 5.69 Å². The van der Waals surface area contributed by atoms with Gasteiger partial charge >= 0.3 is 0 Å². The number of aryl methyl sites for hydroxylation is 1. The second kappa shape index (κ2) is 7.48. The monoisotopic (exact) mass is 403 g/mol. The SMILES string of the molecule is Cc1ccc([C@H]2C3=C(CCCC3=O)Nc3nc(SCc4ccccn4)nn32)cc1. The number of aromatic nitrogens is 4. The van der Waals surface area contributed by atoms with Gasteiger partial charge in [-0.1, -0.05) is 47.7 Å². The van der Waals surface area contributed by atoms with Gasteiger partial charge in [-0.3, -0.25) is 9.78 Å². The summed E-state index contributed by atoms with van der Waals surface area (Å²) in [5, 5.41) is 8.82.